The van der Waals surface area contributed by atoms with Crippen LogP contribution in [0.1, 0.15) is 18.9 Å². The number of rotatable bonds is 6. The molecule has 1 rings (SSSR count). The smallest absolute Gasteiger partial charge is 0.129 e. The van der Waals surface area contributed by atoms with Crippen LogP contribution < -0.4 is 5.32 Å². The highest BCUT2D eigenvalue weighted by Crippen LogP contribution is 2.24. The van der Waals surface area contributed by atoms with Crippen LogP contribution in [0.15, 0.2) is 22.7 Å². The van der Waals surface area contributed by atoms with Crippen molar-refractivity contribution in [2.75, 3.05) is 13.2 Å². The molecular weight excluding hydrogens is 286 g/mol. The van der Waals surface area contributed by atoms with Gasteiger partial charge in [0.15, 0.2) is 0 Å². The molecule has 96 valence electrons. The van der Waals surface area contributed by atoms with E-state index in [1.54, 1.807) is 18.2 Å². The predicted molar refractivity (Wildman–Crippen MR) is 69.8 cm³/mol. The standard InChI is InChI=1S/C12H18BrNO3/c1-2-12(7-15,8-16)14-6-9-3-4-11(17)10(13)5-9/h3-5,14-17H,2,6-8H2,1H3. The molecule has 4 nitrogen and oxygen atoms in total. The van der Waals surface area contributed by atoms with Gasteiger partial charge in [-0.05, 0) is 40.0 Å². The van der Waals surface area contributed by atoms with Gasteiger partial charge in [0.2, 0.25) is 0 Å². The summed E-state index contributed by atoms with van der Waals surface area (Å²) < 4.78 is 0.631. The molecule has 0 amide bonds. The van der Waals surface area contributed by atoms with Crippen molar-refractivity contribution < 1.29 is 15.3 Å². The van der Waals surface area contributed by atoms with Gasteiger partial charge in [-0.3, -0.25) is 0 Å². The molecule has 0 aliphatic heterocycles. The van der Waals surface area contributed by atoms with E-state index in [-0.39, 0.29) is 19.0 Å². The summed E-state index contributed by atoms with van der Waals surface area (Å²) in [6, 6.07) is 5.20. The summed E-state index contributed by atoms with van der Waals surface area (Å²) in [5.74, 6) is 0.194. The Bertz CT molecular complexity index is 359. The van der Waals surface area contributed by atoms with E-state index >= 15 is 0 Å². The van der Waals surface area contributed by atoms with Gasteiger partial charge in [0.1, 0.15) is 5.75 Å². The number of nitrogens with one attached hydrogen (secondary N) is 1. The van der Waals surface area contributed by atoms with Crippen LogP contribution in [0.4, 0.5) is 0 Å². The SMILES string of the molecule is CCC(CO)(CO)NCc1ccc(O)c(Br)c1. The zero-order chi connectivity index (χ0) is 12.9. The Balaban J connectivity index is 2.68. The first-order chi connectivity index (χ1) is 8.06. The van der Waals surface area contributed by atoms with E-state index in [9.17, 15) is 15.3 Å². The van der Waals surface area contributed by atoms with Crippen molar-refractivity contribution in [3.05, 3.63) is 28.2 Å². The zero-order valence-electron chi connectivity index (χ0n) is 9.78. The lowest BCUT2D eigenvalue weighted by atomic mass is 9.98. The molecule has 0 unspecified atom stereocenters. The number of benzene rings is 1. The second-order valence-corrected chi connectivity index (χ2v) is 4.94. The third-order valence-electron chi connectivity index (χ3n) is 2.96. The predicted octanol–water partition coefficient (Wildman–Crippen LogP) is 1.38. The lowest BCUT2D eigenvalue weighted by Gasteiger charge is -2.30. The molecule has 1 aromatic rings. The maximum Gasteiger partial charge on any atom is 0.129 e. The molecule has 0 saturated carbocycles. The van der Waals surface area contributed by atoms with E-state index in [4.69, 9.17) is 0 Å². The van der Waals surface area contributed by atoms with E-state index in [0.717, 1.165) is 5.56 Å². The van der Waals surface area contributed by atoms with Crippen LogP contribution in [0.5, 0.6) is 5.75 Å². The Morgan fingerprint density at radius 3 is 2.41 bits per heavy atom. The largest absolute Gasteiger partial charge is 0.507 e. The number of aliphatic hydroxyl groups is 2. The molecule has 17 heavy (non-hydrogen) atoms. The second kappa shape index (κ2) is 6.35. The van der Waals surface area contributed by atoms with Crippen LogP contribution in [0.25, 0.3) is 0 Å². The van der Waals surface area contributed by atoms with Gasteiger partial charge in [0, 0.05) is 6.54 Å². The molecule has 4 N–H and O–H groups in total. The molecule has 1 aromatic carbocycles. The molecule has 0 radical (unpaired) electrons. The minimum atomic E-state index is -0.648. The van der Waals surface area contributed by atoms with Crippen molar-refractivity contribution in [1.29, 1.82) is 0 Å². The monoisotopic (exact) mass is 303 g/mol. The molecule has 0 atom stereocenters. The number of halogens is 1. The van der Waals surface area contributed by atoms with Crippen molar-refractivity contribution >= 4 is 15.9 Å². The first-order valence-corrected chi connectivity index (χ1v) is 6.30. The quantitative estimate of drug-likeness (QED) is 0.641. The summed E-state index contributed by atoms with van der Waals surface area (Å²) in [6.45, 7) is 2.21. The van der Waals surface area contributed by atoms with Crippen LogP contribution in [0, 0.1) is 0 Å². The molecule has 0 saturated heterocycles. The number of phenols is 1. The van der Waals surface area contributed by atoms with Crippen LogP contribution in [-0.4, -0.2) is 34.1 Å². The first-order valence-electron chi connectivity index (χ1n) is 5.51. The lowest BCUT2D eigenvalue weighted by molar-refractivity contribution is 0.0864. The highest BCUT2D eigenvalue weighted by atomic mass is 79.9. The van der Waals surface area contributed by atoms with E-state index in [0.29, 0.717) is 17.4 Å². The van der Waals surface area contributed by atoms with Crippen molar-refractivity contribution in [2.45, 2.75) is 25.4 Å². The number of hydrogen-bond acceptors (Lipinski definition) is 4. The Morgan fingerprint density at radius 1 is 1.29 bits per heavy atom. The van der Waals surface area contributed by atoms with Crippen LogP contribution in [0.2, 0.25) is 0 Å². The normalized spacial score (nSPS) is 11.8. The van der Waals surface area contributed by atoms with E-state index in [2.05, 4.69) is 21.2 Å². The van der Waals surface area contributed by atoms with Gasteiger partial charge < -0.3 is 20.6 Å². The first kappa shape index (κ1) is 14.4. The van der Waals surface area contributed by atoms with E-state index in [1.807, 2.05) is 6.92 Å². The average Bonchev–Trinajstić information content (AvgIpc) is 2.36. The zero-order valence-corrected chi connectivity index (χ0v) is 11.4. The average molecular weight is 304 g/mol. The molecule has 0 aliphatic rings. The fourth-order valence-electron chi connectivity index (χ4n) is 1.46. The molecule has 0 aliphatic carbocycles. The minimum absolute atomic E-state index is 0.112. The van der Waals surface area contributed by atoms with Gasteiger partial charge in [-0.25, -0.2) is 0 Å². The summed E-state index contributed by atoms with van der Waals surface area (Å²) >= 11 is 3.24. The van der Waals surface area contributed by atoms with Crippen molar-refractivity contribution in [3.63, 3.8) is 0 Å². The molecule has 0 aromatic heterocycles. The Hall–Kier alpha value is -0.620. The fourth-order valence-corrected chi connectivity index (χ4v) is 1.89. The van der Waals surface area contributed by atoms with Gasteiger partial charge in [-0.15, -0.1) is 0 Å². The minimum Gasteiger partial charge on any atom is -0.507 e. The van der Waals surface area contributed by atoms with E-state index < -0.39 is 5.54 Å². The Kier molecular flexibility index (Phi) is 5.39. The van der Waals surface area contributed by atoms with Crippen LogP contribution in [0.3, 0.4) is 0 Å². The molecule has 0 bridgehead atoms. The van der Waals surface area contributed by atoms with Gasteiger partial charge in [-0.1, -0.05) is 13.0 Å². The molecule has 5 heteroatoms. The summed E-state index contributed by atoms with van der Waals surface area (Å²) in [5.41, 5.74) is 0.319. The van der Waals surface area contributed by atoms with Gasteiger partial charge in [0.25, 0.3) is 0 Å². The Labute approximate surface area is 109 Å². The third kappa shape index (κ3) is 3.67. The van der Waals surface area contributed by atoms with Gasteiger partial charge in [0.05, 0.1) is 23.2 Å². The van der Waals surface area contributed by atoms with E-state index in [1.165, 1.54) is 0 Å². The maximum absolute atomic E-state index is 9.36. The molecule has 0 heterocycles. The lowest BCUT2D eigenvalue weighted by Crippen LogP contribution is -2.50. The van der Waals surface area contributed by atoms with Crippen LogP contribution >= 0.6 is 15.9 Å². The van der Waals surface area contributed by atoms with Gasteiger partial charge >= 0.3 is 0 Å². The molecule has 0 spiro atoms. The topological polar surface area (TPSA) is 72.7 Å². The summed E-state index contributed by atoms with van der Waals surface area (Å²) in [6.07, 6.45) is 0.638. The molecular formula is C12H18BrNO3. The summed E-state index contributed by atoms with van der Waals surface area (Å²) in [7, 11) is 0. The van der Waals surface area contributed by atoms with Crippen molar-refractivity contribution in [2.24, 2.45) is 0 Å². The fraction of sp³-hybridized carbons (Fsp3) is 0.500. The second-order valence-electron chi connectivity index (χ2n) is 4.09. The summed E-state index contributed by atoms with van der Waals surface area (Å²) in [4.78, 5) is 0. The highest BCUT2D eigenvalue weighted by Gasteiger charge is 2.25. The number of phenolic OH excluding ortho intramolecular Hbond substituents is 1. The van der Waals surface area contributed by atoms with Gasteiger partial charge in [-0.2, -0.15) is 0 Å². The maximum atomic E-state index is 9.36. The van der Waals surface area contributed by atoms with Crippen LogP contribution in [-0.2, 0) is 6.54 Å². The number of aromatic hydroxyl groups is 1. The highest BCUT2D eigenvalue weighted by molar-refractivity contribution is 9.10. The summed E-state index contributed by atoms with van der Waals surface area (Å²) in [5, 5.41) is 31.1. The van der Waals surface area contributed by atoms with Crippen molar-refractivity contribution in [3.8, 4) is 5.75 Å². The number of aliphatic hydroxyl groups excluding tert-OH is 2. The third-order valence-corrected chi connectivity index (χ3v) is 3.60. The number of hydrogen-bond donors (Lipinski definition) is 4. The van der Waals surface area contributed by atoms with Crippen molar-refractivity contribution in [1.82, 2.24) is 5.32 Å². The molecule has 0 fully saturated rings. The Morgan fingerprint density at radius 2 is 1.94 bits per heavy atom.